The van der Waals surface area contributed by atoms with Crippen molar-refractivity contribution in [2.45, 2.75) is 26.3 Å². The number of hydrogen-bond acceptors (Lipinski definition) is 6. The quantitative estimate of drug-likeness (QED) is 0.844. The molecule has 8 heteroatoms. The molecule has 0 fully saturated rings. The van der Waals surface area contributed by atoms with Gasteiger partial charge in [-0.15, -0.1) is 11.3 Å². The summed E-state index contributed by atoms with van der Waals surface area (Å²) in [6.45, 7) is 3.85. The first-order chi connectivity index (χ1) is 10.3. The van der Waals surface area contributed by atoms with Crippen molar-refractivity contribution in [1.29, 1.82) is 0 Å². The largest absolute Gasteiger partial charge is 0.480 e. The van der Waals surface area contributed by atoms with Crippen molar-refractivity contribution in [2.24, 2.45) is 5.92 Å². The van der Waals surface area contributed by atoms with Crippen LogP contribution in [0.5, 0.6) is 0 Å². The number of aromatic nitrogens is 1. The average Bonchev–Trinajstić information content (AvgIpc) is 2.94. The normalized spacial score (nSPS) is 12.6. The van der Waals surface area contributed by atoms with Crippen LogP contribution in [0.3, 0.4) is 0 Å². The Balaban J connectivity index is 2.14. The summed E-state index contributed by atoms with van der Waals surface area (Å²) in [5.74, 6) is -1.17. The molecule has 2 rings (SSSR count). The molecule has 0 unspecified atom stereocenters. The number of thiophene rings is 1. The first-order valence-electron chi connectivity index (χ1n) is 6.89. The molecule has 2 N–H and O–H groups in total. The molecule has 2 heterocycles. The summed E-state index contributed by atoms with van der Waals surface area (Å²) in [5.41, 5.74) is 0. The maximum Gasteiger partial charge on any atom is 0.326 e. The Morgan fingerprint density at radius 3 is 2.55 bits per heavy atom. The first-order valence-corrected chi connectivity index (χ1v) is 8.52. The molecular formula is C14H19N3O3S2. The van der Waals surface area contributed by atoms with Crippen LogP contribution in [0.25, 0.3) is 9.53 Å². The zero-order valence-electron chi connectivity index (χ0n) is 12.9. The van der Waals surface area contributed by atoms with E-state index in [-0.39, 0.29) is 11.8 Å². The maximum absolute atomic E-state index is 12.2. The molecule has 0 aromatic carbocycles. The van der Waals surface area contributed by atoms with Crippen molar-refractivity contribution in [3.8, 4) is 0 Å². The first kappa shape index (κ1) is 16.7. The number of carbonyl (C=O) groups excluding carboxylic acids is 1. The van der Waals surface area contributed by atoms with Crippen LogP contribution in [0.15, 0.2) is 6.07 Å². The topological polar surface area (TPSA) is 82.5 Å². The Kier molecular flexibility index (Phi) is 5.02. The Bertz CT molecular complexity index is 659. The minimum Gasteiger partial charge on any atom is -0.480 e. The summed E-state index contributed by atoms with van der Waals surface area (Å²) in [7, 11) is 3.83. The lowest BCUT2D eigenvalue weighted by atomic mass is 10.0. The van der Waals surface area contributed by atoms with Gasteiger partial charge in [0.1, 0.15) is 10.9 Å². The van der Waals surface area contributed by atoms with Crippen molar-refractivity contribution in [3.05, 3.63) is 10.9 Å². The van der Waals surface area contributed by atoms with Gasteiger partial charge in [0.2, 0.25) is 0 Å². The van der Waals surface area contributed by atoms with Gasteiger partial charge in [0.05, 0.1) is 9.58 Å². The van der Waals surface area contributed by atoms with Crippen molar-refractivity contribution < 1.29 is 14.7 Å². The molecule has 1 amide bonds. The Labute approximate surface area is 136 Å². The molecule has 0 bridgehead atoms. The Hall–Kier alpha value is -1.67. The standard InChI is InChI=1S/C14H19N3O3S2/c1-7(2)5-8(13(19)20)15-11(18)9-6-10-12(21-9)16-14(22-10)17(3)4/h6-8H,5H2,1-4H3,(H,15,18)(H,19,20)/t8-/m1/s1. The summed E-state index contributed by atoms with van der Waals surface area (Å²) in [6, 6.07) is 0.909. The number of carbonyl (C=O) groups is 2. The molecule has 6 nitrogen and oxygen atoms in total. The van der Waals surface area contributed by atoms with Gasteiger partial charge < -0.3 is 15.3 Å². The summed E-state index contributed by atoms with van der Waals surface area (Å²) in [5, 5.41) is 12.7. The van der Waals surface area contributed by atoms with Gasteiger partial charge in [-0.05, 0) is 18.4 Å². The van der Waals surface area contributed by atoms with Crippen LogP contribution >= 0.6 is 22.7 Å². The third-order valence-corrected chi connectivity index (χ3v) is 5.32. The third-order valence-electron chi connectivity index (χ3n) is 2.99. The van der Waals surface area contributed by atoms with Crippen LogP contribution in [0.1, 0.15) is 29.9 Å². The maximum atomic E-state index is 12.2. The van der Waals surface area contributed by atoms with E-state index >= 15 is 0 Å². The Morgan fingerprint density at radius 2 is 2.05 bits per heavy atom. The highest BCUT2D eigenvalue weighted by molar-refractivity contribution is 7.29. The number of aliphatic carboxylic acids is 1. The van der Waals surface area contributed by atoms with Crippen molar-refractivity contribution in [1.82, 2.24) is 10.3 Å². The summed E-state index contributed by atoms with van der Waals surface area (Å²) < 4.78 is 0.939. The fourth-order valence-corrected chi connectivity index (χ4v) is 3.99. The van der Waals surface area contributed by atoms with Crippen molar-refractivity contribution in [3.63, 3.8) is 0 Å². The van der Waals surface area contributed by atoms with Gasteiger partial charge in [-0.25, -0.2) is 9.78 Å². The van der Waals surface area contributed by atoms with E-state index in [0.29, 0.717) is 11.3 Å². The molecule has 22 heavy (non-hydrogen) atoms. The van der Waals surface area contributed by atoms with Gasteiger partial charge in [0.25, 0.3) is 5.91 Å². The van der Waals surface area contributed by atoms with Crippen LogP contribution in [-0.2, 0) is 4.79 Å². The second-order valence-corrected chi connectivity index (χ2v) is 7.70. The third kappa shape index (κ3) is 3.75. The van der Waals surface area contributed by atoms with Crippen LogP contribution in [0.4, 0.5) is 5.13 Å². The van der Waals surface area contributed by atoms with E-state index in [9.17, 15) is 14.7 Å². The monoisotopic (exact) mass is 341 g/mol. The number of anilines is 1. The lowest BCUT2D eigenvalue weighted by Crippen LogP contribution is -2.41. The van der Waals surface area contributed by atoms with Crippen molar-refractivity contribution >= 4 is 49.2 Å². The van der Waals surface area contributed by atoms with E-state index in [1.54, 1.807) is 6.07 Å². The van der Waals surface area contributed by atoms with Gasteiger partial charge in [0, 0.05) is 14.1 Å². The number of carboxylic acid groups (broad SMARTS) is 1. The van der Waals surface area contributed by atoms with E-state index in [1.165, 1.54) is 22.7 Å². The molecule has 0 radical (unpaired) electrons. The number of hydrogen-bond donors (Lipinski definition) is 2. The average molecular weight is 341 g/mol. The lowest BCUT2D eigenvalue weighted by Gasteiger charge is -2.15. The molecule has 0 saturated heterocycles. The highest BCUT2D eigenvalue weighted by Gasteiger charge is 2.23. The highest BCUT2D eigenvalue weighted by Crippen LogP contribution is 2.33. The van der Waals surface area contributed by atoms with Gasteiger partial charge in [0.15, 0.2) is 5.13 Å². The van der Waals surface area contributed by atoms with Crippen LogP contribution < -0.4 is 10.2 Å². The van der Waals surface area contributed by atoms with E-state index in [0.717, 1.165) is 14.7 Å². The lowest BCUT2D eigenvalue weighted by molar-refractivity contribution is -0.139. The second kappa shape index (κ2) is 6.62. The SMILES string of the molecule is CC(C)C[C@@H](NC(=O)c1cc2sc(N(C)C)nc2s1)C(=O)O. The zero-order valence-corrected chi connectivity index (χ0v) is 14.5. The zero-order chi connectivity index (χ0) is 16.4. The molecule has 0 aliphatic heterocycles. The van der Waals surface area contributed by atoms with E-state index in [2.05, 4.69) is 10.3 Å². The Morgan fingerprint density at radius 1 is 1.36 bits per heavy atom. The molecule has 2 aromatic rings. The molecule has 1 atom stereocenters. The minimum absolute atomic E-state index is 0.192. The molecule has 2 aromatic heterocycles. The predicted octanol–water partition coefficient (Wildman–Crippen LogP) is 2.65. The number of nitrogens with one attached hydrogen (secondary N) is 1. The molecular weight excluding hydrogens is 322 g/mol. The smallest absolute Gasteiger partial charge is 0.326 e. The fraction of sp³-hybridized carbons (Fsp3) is 0.500. The number of rotatable bonds is 6. The van der Waals surface area contributed by atoms with E-state index in [1.807, 2.05) is 32.8 Å². The van der Waals surface area contributed by atoms with Crippen LogP contribution in [-0.4, -0.2) is 42.1 Å². The van der Waals surface area contributed by atoms with E-state index < -0.39 is 12.0 Å². The molecule has 0 aliphatic rings. The summed E-state index contributed by atoms with van der Waals surface area (Å²) in [6.07, 6.45) is 0.407. The summed E-state index contributed by atoms with van der Waals surface area (Å²) in [4.78, 5) is 31.1. The molecule has 0 saturated carbocycles. The van der Waals surface area contributed by atoms with Gasteiger partial charge >= 0.3 is 5.97 Å². The highest BCUT2D eigenvalue weighted by atomic mass is 32.1. The van der Waals surface area contributed by atoms with Gasteiger partial charge in [-0.1, -0.05) is 25.2 Å². The molecule has 0 spiro atoms. The number of nitrogens with zero attached hydrogens (tertiary/aromatic N) is 2. The van der Waals surface area contributed by atoms with Crippen molar-refractivity contribution in [2.75, 3.05) is 19.0 Å². The number of amides is 1. The second-order valence-electron chi connectivity index (χ2n) is 5.66. The van der Waals surface area contributed by atoms with Gasteiger partial charge in [-0.3, -0.25) is 4.79 Å². The van der Waals surface area contributed by atoms with Crippen LogP contribution in [0.2, 0.25) is 0 Å². The number of fused-ring (bicyclic) bond motifs is 1. The summed E-state index contributed by atoms with van der Waals surface area (Å²) >= 11 is 2.79. The van der Waals surface area contributed by atoms with E-state index in [4.69, 9.17) is 0 Å². The predicted molar refractivity (Wildman–Crippen MR) is 90.2 cm³/mol. The number of thiazole rings is 1. The molecule has 120 valence electrons. The minimum atomic E-state index is -1.01. The fourth-order valence-electron chi connectivity index (χ4n) is 1.95. The van der Waals surface area contributed by atoms with Crippen LogP contribution in [0, 0.1) is 5.92 Å². The molecule has 0 aliphatic carbocycles. The van der Waals surface area contributed by atoms with Gasteiger partial charge in [-0.2, -0.15) is 0 Å². The number of carboxylic acids is 1.